The standard InChI is InChI=1S/C15H16N2O2S2/c1-11-5-2-3-8-14(11)21(18,19)17-10-12-6-4-7-13(9-12)15(16)20/h2-9,17H,10H2,1H3,(H2,16,20). The Bertz CT molecular complexity index is 771. The van der Waals surface area contributed by atoms with E-state index in [-0.39, 0.29) is 11.4 Å². The molecule has 0 spiro atoms. The van der Waals surface area contributed by atoms with Crippen molar-refractivity contribution in [3.63, 3.8) is 0 Å². The minimum Gasteiger partial charge on any atom is -0.389 e. The number of thiocarbonyl (C=S) groups is 1. The zero-order valence-corrected chi connectivity index (χ0v) is 13.2. The van der Waals surface area contributed by atoms with Gasteiger partial charge in [0.25, 0.3) is 0 Å². The Labute approximate surface area is 130 Å². The van der Waals surface area contributed by atoms with Crippen molar-refractivity contribution in [2.24, 2.45) is 5.73 Å². The molecule has 110 valence electrons. The lowest BCUT2D eigenvalue weighted by Gasteiger charge is -2.10. The number of rotatable bonds is 5. The molecule has 6 heteroatoms. The van der Waals surface area contributed by atoms with Gasteiger partial charge >= 0.3 is 0 Å². The Morgan fingerprint density at radius 1 is 1.19 bits per heavy atom. The monoisotopic (exact) mass is 320 g/mol. The van der Waals surface area contributed by atoms with Gasteiger partial charge in [-0.25, -0.2) is 13.1 Å². The summed E-state index contributed by atoms with van der Waals surface area (Å²) < 4.78 is 27.2. The van der Waals surface area contributed by atoms with E-state index in [2.05, 4.69) is 4.72 Å². The van der Waals surface area contributed by atoms with E-state index in [0.29, 0.717) is 10.6 Å². The quantitative estimate of drug-likeness (QED) is 0.828. The number of aryl methyl sites for hydroxylation is 1. The maximum atomic E-state index is 12.3. The fourth-order valence-electron chi connectivity index (χ4n) is 1.95. The highest BCUT2D eigenvalue weighted by Gasteiger charge is 2.15. The molecule has 2 rings (SSSR count). The molecule has 0 aliphatic rings. The fourth-order valence-corrected chi connectivity index (χ4v) is 3.34. The second-order valence-corrected chi connectivity index (χ2v) is 6.83. The van der Waals surface area contributed by atoms with Gasteiger partial charge < -0.3 is 5.73 Å². The summed E-state index contributed by atoms with van der Waals surface area (Å²) in [6.07, 6.45) is 0. The van der Waals surface area contributed by atoms with Crippen LogP contribution in [0.1, 0.15) is 16.7 Å². The molecule has 21 heavy (non-hydrogen) atoms. The van der Waals surface area contributed by atoms with E-state index in [1.807, 2.05) is 6.07 Å². The van der Waals surface area contributed by atoms with Crippen LogP contribution in [0, 0.1) is 6.92 Å². The van der Waals surface area contributed by atoms with Crippen LogP contribution in [0.2, 0.25) is 0 Å². The molecular formula is C15H16N2O2S2. The molecule has 0 heterocycles. The van der Waals surface area contributed by atoms with Gasteiger partial charge in [-0.3, -0.25) is 0 Å². The highest BCUT2D eigenvalue weighted by molar-refractivity contribution is 7.89. The first-order valence-corrected chi connectivity index (χ1v) is 8.23. The zero-order valence-electron chi connectivity index (χ0n) is 11.5. The van der Waals surface area contributed by atoms with Gasteiger partial charge in [0.1, 0.15) is 4.99 Å². The number of nitrogens with two attached hydrogens (primary N) is 1. The molecule has 0 aliphatic heterocycles. The number of nitrogens with one attached hydrogen (secondary N) is 1. The van der Waals surface area contributed by atoms with Gasteiger partial charge in [0.05, 0.1) is 4.90 Å². The molecule has 0 bridgehead atoms. The van der Waals surface area contributed by atoms with Crippen molar-refractivity contribution in [2.45, 2.75) is 18.4 Å². The van der Waals surface area contributed by atoms with Gasteiger partial charge in [-0.1, -0.05) is 48.6 Å². The van der Waals surface area contributed by atoms with Crippen LogP contribution in [0.3, 0.4) is 0 Å². The first kappa shape index (κ1) is 15.6. The van der Waals surface area contributed by atoms with Crippen LogP contribution in [-0.2, 0) is 16.6 Å². The molecule has 4 nitrogen and oxygen atoms in total. The lowest BCUT2D eigenvalue weighted by Crippen LogP contribution is -2.24. The first-order chi connectivity index (χ1) is 9.90. The van der Waals surface area contributed by atoms with E-state index >= 15 is 0 Å². The Hall–Kier alpha value is -1.76. The summed E-state index contributed by atoms with van der Waals surface area (Å²) in [5.74, 6) is 0. The second-order valence-electron chi connectivity index (χ2n) is 4.65. The molecule has 2 aromatic carbocycles. The van der Waals surface area contributed by atoms with Gasteiger partial charge in [0, 0.05) is 12.1 Å². The minimum absolute atomic E-state index is 0.188. The molecule has 0 aromatic heterocycles. The van der Waals surface area contributed by atoms with Crippen LogP contribution < -0.4 is 10.5 Å². The predicted octanol–water partition coefficient (Wildman–Crippen LogP) is 2.11. The largest absolute Gasteiger partial charge is 0.389 e. The molecule has 0 unspecified atom stereocenters. The molecule has 2 aromatic rings. The van der Waals surface area contributed by atoms with E-state index in [4.69, 9.17) is 18.0 Å². The molecule has 0 aliphatic carbocycles. The summed E-state index contributed by atoms with van der Waals surface area (Å²) in [4.78, 5) is 0.578. The molecular weight excluding hydrogens is 304 g/mol. The van der Waals surface area contributed by atoms with Crippen LogP contribution in [0.25, 0.3) is 0 Å². The minimum atomic E-state index is -3.54. The summed E-state index contributed by atoms with van der Waals surface area (Å²) in [7, 11) is -3.54. The maximum Gasteiger partial charge on any atom is 0.241 e. The van der Waals surface area contributed by atoms with Crippen molar-refractivity contribution in [3.8, 4) is 0 Å². The molecule has 0 atom stereocenters. The van der Waals surface area contributed by atoms with Crippen molar-refractivity contribution in [2.75, 3.05) is 0 Å². The third-order valence-electron chi connectivity index (χ3n) is 3.06. The molecule has 0 saturated carbocycles. The Morgan fingerprint density at radius 2 is 1.90 bits per heavy atom. The van der Waals surface area contributed by atoms with Gasteiger partial charge in [-0.15, -0.1) is 0 Å². The average molecular weight is 320 g/mol. The zero-order chi connectivity index (χ0) is 15.5. The lowest BCUT2D eigenvalue weighted by atomic mass is 10.1. The average Bonchev–Trinajstić information content (AvgIpc) is 2.46. The number of sulfonamides is 1. The summed E-state index contributed by atoms with van der Waals surface area (Å²) >= 11 is 4.91. The summed E-state index contributed by atoms with van der Waals surface area (Å²) in [6, 6.07) is 14.1. The molecule has 0 radical (unpaired) electrons. The second kappa shape index (κ2) is 6.34. The van der Waals surface area contributed by atoms with Crippen molar-refractivity contribution in [1.82, 2.24) is 4.72 Å². The smallest absolute Gasteiger partial charge is 0.241 e. The maximum absolute atomic E-state index is 12.3. The molecule has 0 amide bonds. The van der Waals surface area contributed by atoms with Crippen LogP contribution in [0.5, 0.6) is 0 Å². The highest BCUT2D eigenvalue weighted by Crippen LogP contribution is 2.14. The van der Waals surface area contributed by atoms with Crippen molar-refractivity contribution in [1.29, 1.82) is 0 Å². The van der Waals surface area contributed by atoms with Crippen LogP contribution in [0.15, 0.2) is 53.4 Å². The van der Waals surface area contributed by atoms with Crippen molar-refractivity contribution < 1.29 is 8.42 Å². The third-order valence-corrected chi connectivity index (χ3v) is 4.86. The molecule has 3 N–H and O–H groups in total. The van der Waals surface area contributed by atoms with Crippen molar-refractivity contribution >= 4 is 27.2 Å². The summed E-state index contributed by atoms with van der Waals surface area (Å²) in [5, 5.41) is 0. The number of benzene rings is 2. The third kappa shape index (κ3) is 3.87. The van der Waals surface area contributed by atoms with Crippen LogP contribution in [0.4, 0.5) is 0 Å². The Balaban J connectivity index is 2.18. The lowest BCUT2D eigenvalue weighted by molar-refractivity contribution is 0.580. The first-order valence-electron chi connectivity index (χ1n) is 6.34. The summed E-state index contributed by atoms with van der Waals surface area (Å²) in [5.41, 5.74) is 7.80. The SMILES string of the molecule is Cc1ccccc1S(=O)(=O)NCc1cccc(C(N)=S)c1. The number of hydrogen-bond acceptors (Lipinski definition) is 3. The summed E-state index contributed by atoms with van der Waals surface area (Å²) in [6.45, 7) is 1.95. The normalized spacial score (nSPS) is 11.3. The van der Waals surface area contributed by atoms with E-state index in [1.165, 1.54) is 0 Å². The Morgan fingerprint density at radius 3 is 2.57 bits per heavy atom. The Kier molecular flexibility index (Phi) is 4.72. The van der Waals surface area contributed by atoms with Gasteiger partial charge in [-0.05, 0) is 30.2 Å². The van der Waals surface area contributed by atoms with Crippen molar-refractivity contribution in [3.05, 3.63) is 65.2 Å². The van der Waals surface area contributed by atoms with E-state index in [0.717, 1.165) is 11.1 Å². The molecule has 0 saturated heterocycles. The molecule has 0 fully saturated rings. The highest BCUT2D eigenvalue weighted by atomic mass is 32.2. The van der Waals surface area contributed by atoms with Crippen LogP contribution in [-0.4, -0.2) is 13.4 Å². The van der Waals surface area contributed by atoms with Gasteiger partial charge in [0.2, 0.25) is 10.0 Å². The van der Waals surface area contributed by atoms with Crippen LogP contribution >= 0.6 is 12.2 Å². The predicted molar refractivity (Wildman–Crippen MR) is 87.5 cm³/mol. The van der Waals surface area contributed by atoms with Gasteiger partial charge in [-0.2, -0.15) is 0 Å². The van der Waals surface area contributed by atoms with E-state index in [9.17, 15) is 8.42 Å². The van der Waals surface area contributed by atoms with E-state index in [1.54, 1.807) is 49.4 Å². The fraction of sp³-hybridized carbons (Fsp3) is 0.133. The topological polar surface area (TPSA) is 72.2 Å². The van der Waals surface area contributed by atoms with Gasteiger partial charge in [0.15, 0.2) is 0 Å². The number of hydrogen-bond donors (Lipinski definition) is 2. The van der Waals surface area contributed by atoms with E-state index < -0.39 is 10.0 Å².